The van der Waals surface area contributed by atoms with E-state index in [1.165, 1.54) is 0 Å². The molecule has 0 amide bonds. The van der Waals surface area contributed by atoms with Crippen LogP contribution in [0.25, 0.3) is 17.2 Å². The summed E-state index contributed by atoms with van der Waals surface area (Å²) in [4.78, 5) is 4.32. The van der Waals surface area contributed by atoms with Crippen LogP contribution in [0.3, 0.4) is 0 Å². The molecular formula is C19H13BrN4. The fraction of sp³-hybridized carbons (Fsp3) is 0.105. The summed E-state index contributed by atoms with van der Waals surface area (Å²) in [7, 11) is 0. The van der Waals surface area contributed by atoms with Gasteiger partial charge in [0, 0.05) is 10.0 Å². The van der Waals surface area contributed by atoms with Gasteiger partial charge in [-0.3, -0.25) is 0 Å². The molecular weight excluding hydrogens is 364 g/mol. The summed E-state index contributed by atoms with van der Waals surface area (Å²) in [5.41, 5.74) is 11.6. The van der Waals surface area contributed by atoms with E-state index < -0.39 is 0 Å². The number of nitrogen functional groups attached to an aromatic ring is 1. The highest BCUT2D eigenvalue weighted by Gasteiger charge is 2.29. The summed E-state index contributed by atoms with van der Waals surface area (Å²) in [6, 6.07) is 12.2. The van der Waals surface area contributed by atoms with Gasteiger partial charge in [-0.15, -0.1) is 0 Å². The second-order valence-corrected chi connectivity index (χ2v) is 6.47. The molecule has 4 nitrogen and oxygen atoms in total. The second kappa shape index (κ2) is 5.96. The van der Waals surface area contributed by atoms with Crippen molar-refractivity contribution in [3.63, 3.8) is 0 Å². The number of halogens is 1. The fourth-order valence-electron chi connectivity index (χ4n) is 2.96. The number of nitrogens with zero attached hydrogens (tertiary/aromatic N) is 3. The van der Waals surface area contributed by atoms with Gasteiger partial charge < -0.3 is 5.73 Å². The molecule has 2 N–H and O–H groups in total. The van der Waals surface area contributed by atoms with Gasteiger partial charge >= 0.3 is 0 Å². The first-order chi connectivity index (χ1) is 11.5. The minimum absolute atomic E-state index is 0.165. The predicted molar refractivity (Wildman–Crippen MR) is 98.3 cm³/mol. The first kappa shape index (κ1) is 16.0. The van der Waals surface area contributed by atoms with Crippen LogP contribution in [0.15, 0.2) is 34.3 Å². The van der Waals surface area contributed by atoms with Crippen molar-refractivity contribution < 1.29 is 0 Å². The lowest BCUT2D eigenvalue weighted by Gasteiger charge is -2.11. The lowest BCUT2D eigenvalue weighted by Crippen LogP contribution is -2.03. The molecule has 116 valence electrons. The topological polar surface area (TPSA) is 86.5 Å². The number of anilines is 1. The molecule has 24 heavy (non-hydrogen) atoms. The Morgan fingerprint density at radius 3 is 2.58 bits per heavy atom. The molecule has 0 saturated heterocycles. The van der Waals surface area contributed by atoms with Crippen molar-refractivity contribution in [3.8, 4) is 12.1 Å². The summed E-state index contributed by atoms with van der Waals surface area (Å²) >= 11 is 3.47. The van der Waals surface area contributed by atoms with Crippen LogP contribution in [0.5, 0.6) is 0 Å². The number of benzene rings is 1. The van der Waals surface area contributed by atoms with Crippen molar-refractivity contribution in [1.29, 1.82) is 10.5 Å². The largest absolute Gasteiger partial charge is 0.383 e. The molecule has 1 heterocycles. The summed E-state index contributed by atoms with van der Waals surface area (Å²) in [5, 5.41) is 18.9. The van der Waals surface area contributed by atoms with Crippen LogP contribution >= 0.6 is 15.9 Å². The summed E-state index contributed by atoms with van der Waals surface area (Å²) in [6.45, 7) is 3.74. The molecule has 0 unspecified atom stereocenters. The van der Waals surface area contributed by atoms with E-state index in [-0.39, 0.29) is 5.82 Å². The zero-order valence-electron chi connectivity index (χ0n) is 13.2. The van der Waals surface area contributed by atoms with Gasteiger partial charge in [0.15, 0.2) is 0 Å². The van der Waals surface area contributed by atoms with Crippen LogP contribution in [0.2, 0.25) is 0 Å². The number of hydrogen-bond acceptors (Lipinski definition) is 4. The van der Waals surface area contributed by atoms with Crippen molar-refractivity contribution in [2.24, 2.45) is 0 Å². The van der Waals surface area contributed by atoms with Gasteiger partial charge in [0.05, 0.1) is 16.8 Å². The lowest BCUT2D eigenvalue weighted by atomic mass is 9.95. The zero-order valence-corrected chi connectivity index (χ0v) is 14.8. The van der Waals surface area contributed by atoms with Crippen LogP contribution < -0.4 is 5.73 Å². The van der Waals surface area contributed by atoms with Crippen molar-refractivity contribution in [3.05, 3.63) is 62.3 Å². The third-order valence-corrected chi connectivity index (χ3v) is 4.64. The smallest absolute Gasteiger partial charge is 0.142 e. The third kappa shape index (κ3) is 2.40. The zero-order chi connectivity index (χ0) is 17.4. The van der Waals surface area contributed by atoms with Crippen molar-refractivity contribution in [2.75, 3.05) is 5.73 Å². The monoisotopic (exact) mass is 376 g/mol. The van der Waals surface area contributed by atoms with E-state index in [4.69, 9.17) is 5.73 Å². The van der Waals surface area contributed by atoms with Crippen LogP contribution in [0.4, 0.5) is 5.82 Å². The molecule has 1 aliphatic rings. The number of nitrogens with two attached hydrogens (primary N) is 1. The quantitative estimate of drug-likeness (QED) is 0.795. The first-order valence-electron chi connectivity index (χ1n) is 7.27. The van der Waals surface area contributed by atoms with Gasteiger partial charge in [0.2, 0.25) is 0 Å². The number of hydrogen-bond donors (Lipinski definition) is 1. The first-order valence-corrected chi connectivity index (χ1v) is 8.06. The molecule has 2 aromatic rings. The standard InChI is InChI=1S/C19H13BrN4/c1-10-14(7-12-4-3-5-13(20)6-12)17-11(2)16(9-22)19(23)24-18(17)15(10)8-21/h3-7H,1-2H3,(H2,23,24)/b14-7+. The highest BCUT2D eigenvalue weighted by molar-refractivity contribution is 9.10. The minimum atomic E-state index is 0.165. The fourth-order valence-corrected chi connectivity index (χ4v) is 3.38. The van der Waals surface area contributed by atoms with E-state index in [0.29, 0.717) is 16.8 Å². The van der Waals surface area contributed by atoms with E-state index in [2.05, 4.69) is 33.1 Å². The molecule has 0 aliphatic heterocycles. The highest BCUT2D eigenvalue weighted by atomic mass is 79.9. The Labute approximate surface area is 148 Å². The Hall–Kier alpha value is -2.89. The average molecular weight is 377 g/mol. The van der Waals surface area contributed by atoms with Gasteiger partial charge in [-0.2, -0.15) is 10.5 Å². The van der Waals surface area contributed by atoms with Crippen LogP contribution in [-0.4, -0.2) is 4.98 Å². The van der Waals surface area contributed by atoms with Gasteiger partial charge in [-0.05, 0) is 54.3 Å². The Balaban J connectivity index is 2.34. The maximum absolute atomic E-state index is 9.53. The minimum Gasteiger partial charge on any atom is -0.383 e. The average Bonchev–Trinajstić information content (AvgIpc) is 2.79. The second-order valence-electron chi connectivity index (χ2n) is 5.56. The van der Waals surface area contributed by atoms with Gasteiger partial charge in [-0.1, -0.05) is 28.1 Å². The number of fused-ring (bicyclic) bond motifs is 1. The Morgan fingerprint density at radius 2 is 1.96 bits per heavy atom. The van der Waals surface area contributed by atoms with E-state index in [1.807, 2.05) is 44.2 Å². The van der Waals surface area contributed by atoms with Crippen molar-refractivity contribution in [1.82, 2.24) is 4.98 Å². The van der Waals surface area contributed by atoms with Crippen LogP contribution in [-0.2, 0) is 0 Å². The molecule has 0 bridgehead atoms. The number of nitriles is 2. The molecule has 1 aromatic carbocycles. The molecule has 1 aliphatic carbocycles. The van der Waals surface area contributed by atoms with Gasteiger partial charge in [0.1, 0.15) is 18.0 Å². The van der Waals surface area contributed by atoms with E-state index in [0.717, 1.165) is 32.3 Å². The number of aromatic nitrogens is 1. The van der Waals surface area contributed by atoms with Crippen molar-refractivity contribution >= 4 is 39.0 Å². The number of rotatable bonds is 1. The van der Waals surface area contributed by atoms with Crippen molar-refractivity contribution in [2.45, 2.75) is 13.8 Å². The molecule has 0 atom stereocenters. The summed E-state index contributed by atoms with van der Waals surface area (Å²) < 4.78 is 0.974. The third-order valence-electron chi connectivity index (χ3n) is 4.14. The number of allylic oxidation sites excluding steroid dienone is 3. The summed E-state index contributed by atoms with van der Waals surface area (Å²) in [5.74, 6) is 0.165. The Kier molecular flexibility index (Phi) is 3.97. The highest BCUT2D eigenvalue weighted by Crippen LogP contribution is 2.44. The maximum Gasteiger partial charge on any atom is 0.142 e. The molecule has 0 fully saturated rings. The SMILES string of the molecule is CC1=C(C#N)c2nc(N)c(C#N)c(C)c2/C1=C/c1cccc(Br)c1. The molecule has 0 saturated carbocycles. The molecule has 0 spiro atoms. The van der Waals surface area contributed by atoms with Gasteiger partial charge in [-0.25, -0.2) is 4.98 Å². The Bertz CT molecular complexity index is 1020. The normalized spacial score (nSPS) is 14.5. The van der Waals surface area contributed by atoms with E-state index in [9.17, 15) is 10.5 Å². The maximum atomic E-state index is 9.53. The van der Waals surface area contributed by atoms with Crippen LogP contribution in [0, 0.1) is 29.6 Å². The molecule has 3 rings (SSSR count). The molecule has 0 radical (unpaired) electrons. The van der Waals surface area contributed by atoms with E-state index >= 15 is 0 Å². The Morgan fingerprint density at radius 1 is 1.21 bits per heavy atom. The molecule has 1 aromatic heterocycles. The predicted octanol–water partition coefficient (Wildman–Crippen LogP) is 4.46. The summed E-state index contributed by atoms with van der Waals surface area (Å²) in [6.07, 6.45) is 2.01. The lowest BCUT2D eigenvalue weighted by molar-refractivity contribution is 1.22. The number of pyridine rings is 1. The van der Waals surface area contributed by atoms with Gasteiger partial charge in [0.25, 0.3) is 0 Å². The van der Waals surface area contributed by atoms with Crippen LogP contribution in [0.1, 0.15) is 34.9 Å². The molecule has 5 heteroatoms. The van der Waals surface area contributed by atoms with E-state index in [1.54, 1.807) is 0 Å².